The maximum atomic E-state index is 12.3. The molecule has 2 N–H and O–H groups in total. The summed E-state index contributed by atoms with van der Waals surface area (Å²) in [6.07, 6.45) is -0.368. The highest BCUT2D eigenvalue weighted by atomic mass is 16.3. The Kier molecular flexibility index (Phi) is 4.91. The van der Waals surface area contributed by atoms with Crippen molar-refractivity contribution in [2.24, 2.45) is 0 Å². The smallest absolute Gasteiger partial charge is 0.287 e. The van der Waals surface area contributed by atoms with E-state index < -0.39 is 12.0 Å². The average molecular weight is 373 g/mol. The van der Waals surface area contributed by atoms with E-state index in [1.165, 1.54) is 6.07 Å². The number of aliphatic hydroxyl groups excluding tert-OH is 1. The molecule has 0 saturated carbocycles. The molecule has 4 rings (SSSR count). The molecule has 5 heteroatoms. The summed E-state index contributed by atoms with van der Waals surface area (Å²) >= 11 is 0. The Labute approximate surface area is 161 Å². The second kappa shape index (κ2) is 7.66. The Balaban J connectivity index is 1.45. The van der Waals surface area contributed by atoms with Gasteiger partial charge < -0.3 is 14.8 Å². The van der Waals surface area contributed by atoms with Crippen LogP contribution in [0.2, 0.25) is 0 Å². The lowest BCUT2D eigenvalue weighted by molar-refractivity contribution is 0.0916. The standard InChI is InChI=1S/C23H19NO4/c25-19(17-10-5-7-15-6-1-2-8-16(15)17)12-13-24-23(27)22-14-20(26)18-9-3-4-11-21(18)28-22/h1-11,14,19,25H,12-13H2,(H,24,27). The number of rotatable bonds is 5. The molecule has 0 aliphatic rings. The lowest BCUT2D eigenvalue weighted by Gasteiger charge is -2.14. The predicted octanol–water partition coefficient (Wildman–Crippen LogP) is 3.80. The lowest BCUT2D eigenvalue weighted by Crippen LogP contribution is -2.26. The quantitative estimate of drug-likeness (QED) is 0.558. The van der Waals surface area contributed by atoms with Crippen LogP contribution in [0.5, 0.6) is 0 Å². The van der Waals surface area contributed by atoms with Crippen molar-refractivity contribution < 1.29 is 14.3 Å². The van der Waals surface area contributed by atoms with Crippen LogP contribution in [0.3, 0.4) is 0 Å². The van der Waals surface area contributed by atoms with Crippen molar-refractivity contribution in [1.82, 2.24) is 5.32 Å². The van der Waals surface area contributed by atoms with Crippen molar-refractivity contribution in [3.63, 3.8) is 0 Å². The van der Waals surface area contributed by atoms with Crippen LogP contribution in [0, 0.1) is 0 Å². The Hall–Kier alpha value is -3.44. The zero-order valence-corrected chi connectivity index (χ0v) is 15.1. The molecule has 5 nitrogen and oxygen atoms in total. The first kappa shape index (κ1) is 17.9. The first-order valence-electron chi connectivity index (χ1n) is 9.10. The molecule has 1 unspecified atom stereocenters. The highest BCUT2D eigenvalue weighted by molar-refractivity contribution is 5.93. The second-order valence-electron chi connectivity index (χ2n) is 6.60. The molecule has 0 aliphatic heterocycles. The van der Waals surface area contributed by atoms with Gasteiger partial charge in [-0.05, 0) is 34.9 Å². The number of fused-ring (bicyclic) bond motifs is 2. The lowest BCUT2D eigenvalue weighted by atomic mass is 9.99. The van der Waals surface area contributed by atoms with Crippen molar-refractivity contribution in [3.05, 3.63) is 94.3 Å². The minimum atomic E-state index is -0.713. The fourth-order valence-corrected chi connectivity index (χ4v) is 3.32. The zero-order chi connectivity index (χ0) is 19.5. The van der Waals surface area contributed by atoms with Crippen molar-refractivity contribution in [2.75, 3.05) is 6.54 Å². The van der Waals surface area contributed by atoms with Gasteiger partial charge in [-0.25, -0.2) is 0 Å². The first-order valence-corrected chi connectivity index (χ1v) is 9.10. The molecular weight excluding hydrogens is 354 g/mol. The van der Waals surface area contributed by atoms with Gasteiger partial charge in [-0.1, -0.05) is 54.6 Å². The molecule has 0 saturated heterocycles. The zero-order valence-electron chi connectivity index (χ0n) is 15.1. The molecule has 1 aromatic heterocycles. The summed E-state index contributed by atoms with van der Waals surface area (Å²) < 4.78 is 5.53. The Morgan fingerprint density at radius 3 is 2.54 bits per heavy atom. The van der Waals surface area contributed by atoms with Crippen LogP contribution >= 0.6 is 0 Å². The van der Waals surface area contributed by atoms with Gasteiger partial charge in [0, 0.05) is 12.6 Å². The van der Waals surface area contributed by atoms with Gasteiger partial charge >= 0.3 is 0 Å². The molecule has 0 radical (unpaired) electrons. The summed E-state index contributed by atoms with van der Waals surface area (Å²) in [7, 11) is 0. The third-order valence-corrected chi connectivity index (χ3v) is 4.74. The molecule has 1 heterocycles. The van der Waals surface area contributed by atoms with Crippen molar-refractivity contribution in [1.29, 1.82) is 0 Å². The summed E-state index contributed by atoms with van der Waals surface area (Å²) in [5.74, 6) is -0.517. The van der Waals surface area contributed by atoms with Gasteiger partial charge in [0.1, 0.15) is 5.58 Å². The van der Waals surface area contributed by atoms with Crippen LogP contribution in [0.25, 0.3) is 21.7 Å². The molecule has 1 amide bonds. The third kappa shape index (κ3) is 3.52. The fourth-order valence-electron chi connectivity index (χ4n) is 3.32. The number of hydrogen-bond donors (Lipinski definition) is 2. The van der Waals surface area contributed by atoms with Crippen molar-refractivity contribution in [3.8, 4) is 0 Å². The Morgan fingerprint density at radius 2 is 1.68 bits per heavy atom. The number of hydrogen-bond acceptors (Lipinski definition) is 4. The Bertz CT molecular complexity index is 1210. The monoisotopic (exact) mass is 373 g/mol. The molecule has 1 atom stereocenters. The molecular formula is C23H19NO4. The second-order valence-corrected chi connectivity index (χ2v) is 6.60. The van der Waals surface area contributed by atoms with E-state index in [2.05, 4.69) is 5.32 Å². The number of aliphatic hydroxyl groups is 1. The largest absolute Gasteiger partial charge is 0.451 e. The minimum Gasteiger partial charge on any atom is -0.451 e. The Morgan fingerprint density at radius 1 is 0.964 bits per heavy atom. The van der Waals surface area contributed by atoms with Crippen LogP contribution in [-0.4, -0.2) is 17.6 Å². The van der Waals surface area contributed by atoms with Gasteiger partial charge in [0.25, 0.3) is 5.91 Å². The van der Waals surface area contributed by atoms with Crippen molar-refractivity contribution >= 4 is 27.6 Å². The van der Waals surface area contributed by atoms with Crippen molar-refractivity contribution in [2.45, 2.75) is 12.5 Å². The van der Waals surface area contributed by atoms with Gasteiger partial charge in [-0.2, -0.15) is 0 Å². The van der Waals surface area contributed by atoms with Gasteiger partial charge in [0.15, 0.2) is 11.2 Å². The molecule has 28 heavy (non-hydrogen) atoms. The van der Waals surface area contributed by atoms with E-state index in [4.69, 9.17) is 4.42 Å². The van der Waals surface area contributed by atoms with Crippen LogP contribution in [-0.2, 0) is 0 Å². The highest BCUT2D eigenvalue weighted by Gasteiger charge is 2.14. The normalized spacial score (nSPS) is 12.2. The molecule has 0 bridgehead atoms. The molecule has 0 spiro atoms. The van der Waals surface area contributed by atoms with Gasteiger partial charge in [-0.15, -0.1) is 0 Å². The number of nitrogens with one attached hydrogen (secondary N) is 1. The summed E-state index contributed by atoms with van der Waals surface area (Å²) in [5.41, 5.74) is 0.934. The number of carbonyl (C=O) groups is 1. The van der Waals surface area contributed by atoms with Crippen LogP contribution in [0.15, 0.2) is 82.0 Å². The SMILES string of the molecule is O=C(NCCC(O)c1cccc2ccccc12)c1cc(=O)c2ccccc2o1. The molecule has 140 valence electrons. The molecule has 0 fully saturated rings. The molecule has 4 aromatic rings. The molecule has 0 aliphatic carbocycles. The van der Waals surface area contributed by atoms with Gasteiger partial charge in [0.05, 0.1) is 11.5 Å². The number of amides is 1. The topological polar surface area (TPSA) is 79.5 Å². The highest BCUT2D eigenvalue weighted by Crippen LogP contribution is 2.25. The summed E-state index contributed by atoms with van der Waals surface area (Å²) in [6.45, 7) is 0.250. The molecule has 3 aromatic carbocycles. The maximum absolute atomic E-state index is 12.3. The van der Waals surface area contributed by atoms with Crippen LogP contribution < -0.4 is 10.7 Å². The number of carbonyl (C=O) groups excluding carboxylic acids is 1. The van der Waals surface area contributed by atoms with E-state index in [1.807, 2.05) is 42.5 Å². The van der Waals surface area contributed by atoms with E-state index in [9.17, 15) is 14.7 Å². The summed E-state index contributed by atoms with van der Waals surface area (Å²) in [5, 5.41) is 15.8. The fraction of sp³-hybridized carbons (Fsp3) is 0.130. The van der Waals surface area contributed by atoms with E-state index in [0.29, 0.717) is 17.4 Å². The minimum absolute atomic E-state index is 0.0386. The van der Waals surface area contributed by atoms with Crippen LogP contribution in [0.4, 0.5) is 0 Å². The maximum Gasteiger partial charge on any atom is 0.287 e. The van der Waals surface area contributed by atoms with E-state index in [0.717, 1.165) is 16.3 Å². The predicted molar refractivity (Wildman–Crippen MR) is 108 cm³/mol. The van der Waals surface area contributed by atoms with E-state index in [-0.39, 0.29) is 17.7 Å². The van der Waals surface area contributed by atoms with Gasteiger partial charge in [0.2, 0.25) is 0 Å². The van der Waals surface area contributed by atoms with Gasteiger partial charge in [-0.3, -0.25) is 9.59 Å². The van der Waals surface area contributed by atoms with E-state index >= 15 is 0 Å². The summed E-state index contributed by atoms with van der Waals surface area (Å²) in [6, 6.07) is 21.6. The van der Waals surface area contributed by atoms with Crippen LogP contribution in [0.1, 0.15) is 28.6 Å². The average Bonchev–Trinajstić information content (AvgIpc) is 2.73. The third-order valence-electron chi connectivity index (χ3n) is 4.74. The number of benzene rings is 3. The summed E-state index contributed by atoms with van der Waals surface area (Å²) in [4.78, 5) is 24.5. The van der Waals surface area contributed by atoms with E-state index in [1.54, 1.807) is 24.3 Å². The number of para-hydroxylation sites is 1. The first-order chi connectivity index (χ1) is 13.6.